The topological polar surface area (TPSA) is 9.23 Å². The minimum Gasteiger partial charge on any atom is -0.378 e. The molecule has 2 fully saturated rings. The van der Waals surface area contributed by atoms with E-state index in [0.29, 0.717) is 12.0 Å². The maximum atomic E-state index is 12.4. The summed E-state index contributed by atoms with van der Waals surface area (Å²) in [5, 5.41) is 0. The normalized spacial score (nSPS) is 34.9. The summed E-state index contributed by atoms with van der Waals surface area (Å²) in [4.78, 5) is 0. The Morgan fingerprint density at radius 1 is 0.857 bits per heavy atom. The maximum Gasteiger partial charge on any atom is 0.389 e. The number of halogens is 3. The van der Waals surface area contributed by atoms with Crippen molar-refractivity contribution >= 4 is 0 Å². The molecule has 0 radical (unpaired) electrons. The molecule has 0 heterocycles. The lowest BCUT2D eigenvalue weighted by molar-refractivity contribution is -0.147. The van der Waals surface area contributed by atoms with Crippen LogP contribution in [0.15, 0.2) is 0 Å². The van der Waals surface area contributed by atoms with Gasteiger partial charge in [-0.1, -0.05) is 6.92 Å². The van der Waals surface area contributed by atoms with Crippen molar-refractivity contribution in [2.45, 2.75) is 83.4 Å². The van der Waals surface area contributed by atoms with Crippen LogP contribution in [0.5, 0.6) is 0 Å². The quantitative estimate of drug-likeness (QED) is 0.630. The van der Waals surface area contributed by atoms with E-state index in [4.69, 9.17) is 4.74 Å². The molecule has 0 aliphatic heterocycles. The lowest BCUT2D eigenvalue weighted by Gasteiger charge is -2.38. The highest BCUT2D eigenvalue weighted by Crippen LogP contribution is 2.42. The first kappa shape index (κ1) is 17.1. The Labute approximate surface area is 126 Å². The average molecular weight is 306 g/mol. The highest BCUT2D eigenvalue weighted by atomic mass is 19.4. The first-order valence-electron chi connectivity index (χ1n) is 8.66. The zero-order valence-corrected chi connectivity index (χ0v) is 13.1. The van der Waals surface area contributed by atoms with Gasteiger partial charge in [-0.2, -0.15) is 13.2 Å². The van der Waals surface area contributed by atoms with Crippen molar-refractivity contribution in [2.75, 3.05) is 6.61 Å². The molecule has 1 nitrogen and oxygen atoms in total. The predicted molar refractivity (Wildman–Crippen MR) is 78.1 cm³/mol. The van der Waals surface area contributed by atoms with E-state index >= 15 is 0 Å². The molecule has 0 saturated heterocycles. The standard InChI is InChI=1S/C17H29F3O/c1-2-11-21-16-9-7-15(8-10-16)14-5-3-13(4-6-14)12-17(18,19)20/h13-16H,2-12H2,1H3. The van der Waals surface area contributed by atoms with Gasteiger partial charge in [-0.05, 0) is 75.5 Å². The highest BCUT2D eigenvalue weighted by Gasteiger charge is 2.36. The van der Waals surface area contributed by atoms with E-state index in [9.17, 15) is 13.2 Å². The molecule has 4 heteroatoms. The predicted octanol–water partition coefficient (Wildman–Crippen LogP) is 5.73. The fourth-order valence-corrected chi connectivity index (χ4v) is 4.20. The van der Waals surface area contributed by atoms with Crippen molar-refractivity contribution in [1.82, 2.24) is 0 Å². The molecule has 0 atom stereocenters. The summed E-state index contributed by atoms with van der Waals surface area (Å²) in [5.74, 6) is 1.28. The molecule has 0 spiro atoms. The number of ether oxygens (including phenoxy) is 1. The molecule has 21 heavy (non-hydrogen) atoms. The largest absolute Gasteiger partial charge is 0.389 e. The van der Waals surface area contributed by atoms with Gasteiger partial charge in [0.25, 0.3) is 0 Å². The molecule has 0 aromatic rings. The van der Waals surface area contributed by atoms with Crippen molar-refractivity contribution in [1.29, 1.82) is 0 Å². The zero-order valence-electron chi connectivity index (χ0n) is 13.1. The molecular weight excluding hydrogens is 277 g/mol. The Kier molecular flexibility index (Phi) is 6.39. The monoisotopic (exact) mass is 306 g/mol. The highest BCUT2D eigenvalue weighted by molar-refractivity contribution is 4.83. The van der Waals surface area contributed by atoms with Crippen LogP contribution >= 0.6 is 0 Å². The molecule has 0 unspecified atom stereocenters. The van der Waals surface area contributed by atoms with Crippen LogP contribution in [0.2, 0.25) is 0 Å². The molecule has 0 N–H and O–H groups in total. The Hall–Kier alpha value is -0.250. The Balaban J connectivity index is 1.67. The fraction of sp³-hybridized carbons (Fsp3) is 1.00. The molecule has 2 aliphatic carbocycles. The number of hydrogen-bond donors (Lipinski definition) is 0. The minimum atomic E-state index is -3.98. The van der Waals surface area contributed by atoms with Gasteiger partial charge in [-0.15, -0.1) is 0 Å². The van der Waals surface area contributed by atoms with E-state index in [2.05, 4.69) is 6.92 Å². The zero-order chi connectivity index (χ0) is 15.3. The molecule has 0 aromatic heterocycles. The summed E-state index contributed by atoms with van der Waals surface area (Å²) >= 11 is 0. The van der Waals surface area contributed by atoms with Gasteiger partial charge in [0, 0.05) is 13.0 Å². The molecule has 2 saturated carbocycles. The van der Waals surface area contributed by atoms with Crippen molar-refractivity contribution in [2.24, 2.45) is 17.8 Å². The van der Waals surface area contributed by atoms with Gasteiger partial charge in [0.2, 0.25) is 0 Å². The van der Waals surface area contributed by atoms with Crippen LogP contribution in [-0.2, 0) is 4.74 Å². The maximum absolute atomic E-state index is 12.4. The van der Waals surface area contributed by atoms with Crippen LogP contribution < -0.4 is 0 Å². The van der Waals surface area contributed by atoms with E-state index in [0.717, 1.165) is 57.5 Å². The number of hydrogen-bond acceptors (Lipinski definition) is 1. The second kappa shape index (κ2) is 7.85. The third kappa shape index (κ3) is 5.80. The van der Waals surface area contributed by atoms with Crippen LogP contribution in [0.25, 0.3) is 0 Å². The molecular formula is C17H29F3O. The number of rotatable bonds is 5. The first-order chi connectivity index (χ1) is 9.98. The third-order valence-electron chi connectivity index (χ3n) is 5.35. The van der Waals surface area contributed by atoms with Crippen LogP contribution in [0.1, 0.15) is 71.1 Å². The van der Waals surface area contributed by atoms with Gasteiger partial charge >= 0.3 is 6.18 Å². The Morgan fingerprint density at radius 2 is 1.38 bits per heavy atom. The average Bonchev–Trinajstić information content (AvgIpc) is 2.45. The molecule has 2 rings (SSSR count). The van der Waals surface area contributed by atoms with Crippen molar-refractivity contribution in [3.05, 3.63) is 0 Å². The van der Waals surface area contributed by atoms with E-state index in [1.54, 1.807) is 0 Å². The van der Waals surface area contributed by atoms with Gasteiger partial charge in [-0.25, -0.2) is 0 Å². The summed E-state index contributed by atoms with van der Waals surface area (Å²) in [7, 11) is 0. The van der Waals surface area contributed by atoms with Gasteiger partial charge < -0.3 is 4.74 Å². The smallest absolute Gasteiger partial charge is 0.378 e. The Bertz CT molecular complexity index is 287. The SMILES string of the molecule is CCCOC1CCC(C2CCC(CC(F)(F)F)CC2)CC1. The molecule has 124 valence electrons. The molecule has 0 aromatic carbocycles. The van der Waals surface area contributed by atoms with Crippen LogP contribution in [0, 0.1) is 17.8 Å². The molecule has 0 bridgehead atoms. The van der Waals surface area contributed by atoms with Crippen LogP contribution in [0.3, 0.4) is 0 Å². The van der Waals surface area contributed by atoms with E-state index in [1.165, 1.54) is 12.8 Å². The summed E-state index contributed by atoms with van der Waals surface area (Å²) in [5.41, 5.74) is 0. The summed E-state index contributed by atoms with van der Waals surface area (Å²) in [6.45, 7) is 2.99. The van der Waals surface area contributed by atoms with Crippen molar-refractivity contribution < 1.29 is 17.9 Å². The second-order valence-corrected chi connectivity index (χ2v) is 7.01. The van der Waals surface area contributed by atoms with Crippen LogP contribution in [-0.4, -0.2) is 18.9 Å². The molecule has 2 aliphatic rings. The summed E-state index contributed by atoms with van der Waals surface area (Å²) in [6.07, 6.45) is 5.23. The second-order valence-electron chi connectivity index (χ2n) is 7.01. The minimum absolute atomic E-state index is 0.120. The number of alkyl halides is 3. The van der Waals surface area contributed by atoms with E-state index in [1.807, 2.05) is 0 Å². The van der Waals surface area contributed by atoms with E-state index in [-0.39, 0.29) is 5.92 Å². The fourth-order valence-electron chi connectivity index (χ4n) is 4.20. The van der Waals surface area contributed by atoms with Gasteiger partial charge in [0.1, 0.15) is 0 Å². The molecule has 0 amide bonds. The third-order valence-corrected chi connectivity index (χ3v) is 5.35. The van der Waals surface area contributed by atoms with Gasteiger partial charge in [-0.3, -0.25) is 0 Å². The van der Waals surface area contributed by atoms with Gasteiger partial charge in [0.15, 0.2) is 0 Å². The lowest BCUT2D eigenvalue weighted by atomic mass is 9.70. The van der Waals surface area contributed by atoms with Gasteiger partial charge in [0.05, 0.1) is 6.10 Å². The first-order valence-corrected chi connectivity index (χ1v) is 8.66. The lowest BCUT2D eigenvalue weighted by Crippen LogP contribution is -2.29. The van der Waals surface area contributed by atoms with Crippen molar-refractivity contribution in [3.8, 4) is 0 Å². The Morgan fingerprint density at radius 3 is 1.86 bits per heavy atom. The van der Waals surface area contributed by atoms with E-state index < -0.39 is 12.6 Å². The van der Waals surface area contributed by atoms with Crippen molar-refractivity contribution in [3.63, 3.8) is 0 Å². The summed E-state index contributed by atoms with van der Waals surface area (Å²) in [6, 6.07) is 0. The summed E-state index contributed by atoms with van der Waals surface area (Å²) < 4.78 is 43.1. The van der Waals surface area contributed by atoms with Crippen LogP contribution in [0.4, 0.5) is 13.2 Å².